The number of phenolic OH excluding ortho intramolecular Hbond substituents is 2. The van der Waals surface area contributed by atoms with Crippen molar-refractivity contribution in [2.75, 3.05) is 25.4 Å². The minimum Gasteiger partial charge on any atom is -0.504 e. The molecule has 1 aromatic rings. The highest BCUT2D eigenvalue weighted by Gasteiger charge is 2.40. The number of cyclic esters (lactones) is 1. The summed E-state index contributed by atoms with van der Waals surface area (Å²) in [6.45, 7) is 2.96. The van der Waals surface area contributed by atoms with E-state index in [4.69, 9.17) is 15.2 Å². The summed E-state index contributed by atoms with van der Waals surface area (Å²) in [5.74, 6) is -3.10. The van der Waals surface area contributed by atoms with Crippen LogP contribution in [-0.4, -0.2) is 76.7 Å². The van der Waals surface area contributed by atoms with Crippen molar-refractivity contribution in [3.8, 4) is 11.5 Å². The van der Waals surface area contributed by atoms with E-state index in [0.717, 1.165) is 11.8 Å². The molecule has 2 amide bonds. The van der Waals surface area contributed by atoms with E-state index in [1.165, 1.54) is 32.0 Å². The standard InChI is InChI=1S/C23H31N3O9S/c1-23(2,12-34-22(33)14(24)9-13-3-4-15(27)16(28)10-13)20-21(32)26-6-5-17(29)25-7-8-36-19(31)11-18(30)35-20/h3-4,10,14,20,27-28H,5-9,11-12,24H2,1-2H3,(H,25,29)(H,26,32)/t14-,20-/m0/s1. The molecule has 36 heavy (non-hydrogen) atoms. The molecule has 0 aliphatic carbocycles. The second-order valence-corrected chi connectivity index (χ2v) is 10.0. The zero-order valence-electron chi connectivity index (χ0n) is 20.1. The fourth-order valence-corrected chi connectivity index (χ4v) is 3.87. The van der Waals surface area contributed by atoms with Crippen molar-refractivity contribution in [3.63, 3.8) is 0 Å². The number of amides is 2. The summed E-state index contributed by atoms with van der Waals surface area (Å²) in [5, 5.41) is 23.7. The maximum absolute atomic E-state index is 12.8. The van der Waals surface area contributed by atoms with Crippen molar-refractivity contribution in [1.82, 2.24) is 10.6 Å². The van der Waals surface area contributed by atoms with E-state index in [2.05, 4.69) is 10.6 Å². The van der Waals surface area contributed by atoms with E-state index in [1.807, 2.05) is 0 Å². The topological polar surface area (TPSA) is 194 Å². The minimum absolute atomic E-state index is 0.00778. The Hall–Kier alpha value is -3.32. The monoisotopic (exact) mass is 525 g/mol. The molecule has 1 heterocycles. The lowest BCUT2D eigenvalue weighted by Gasteiger charge is -2.32. The van der Waals surface area contributed by atoms with Gasteiger partial charge in [-0.15, -0.1) is 0 Å². The molecule has 1 aliphatic heterocycles. The van der Waals surface area contributed by atoms with Crippen LogP contribution in [0.2, 0.25) is 0 Å². The van der Waals surface area contributed by atoms with Gasteiger partial charge in [-0.25, -0.2) is 0 Å². The quantitative estimate of drug-likeness (QED) is 0.186. The number of benzene rings is 1. The molecule has 0 bridgehead atoms. The summed E-state index contributed by atoms with van der Waals surface area (Å²) in [5.41, 5.74) is 5.17. The predicted octanol–water partition coefficient (Wildman–Crippen LogP) is -0.265. The van der Waals surface area contributed by atoms with Crippen molar-refractivity contribution in [3.05, 3.63) is 23.8 Å². The molecule has 6 N–H and O–H groups in total. The smallest absolute Gasteiger partial charge is 0.323 e. The van der Waals surface area contributed by atoms with Gasteiger partial charge in [0.2, 0.25) is 5.91 Å². The zero-order valence-corrected chi connectivity index (χ0v) is 20.9. The Labute approximate surface area is 212 Å². The van der Waals surface area contributed by atoms with Gasteiger partial charge in [-0.3, -0.25) is 24.0 Å². The molecule has 2 atom stereocenters. The van der Waals surface area contributed by atoms with Gasteiger partial charge in [0.15, 0.2) is 22.7 Å². The zero-order chi connectivity index (χ0) is 26.9. The number of hydrogen-bond acceptors (Lipinski definition) is 11. The maximum atomic E-state index is 12.8. The van der Waals surface area contributed by atoms with Gasteiger partial charge in [-0.2, -0.15) is 0 Å². The van der Waals surface area contributed by atoms with Crippen LogP contribution in [0.4, 0.5) is 0 Å². The summed E-state index contributed by atoms with van der Waals surface area (Å²) in [4.78, 5) is 61.5. The number of carbonyl (C=O) groups excluding carboxylic acids is 5. The van der Waals surface area contributed by atoms with Crippen molar-refractivity contribution in [2.45, 2.75) is 45.3 Å². The number of carbonyl (C=O) groups is 5. The Morgan fingerprint density at radius 1 is 1.19 bits per heavy atom. The van der Waals surface area contributed by atoms with Crippen LogP contribution >= 0.6 is 11.8 Å². The molecule has 0 unspecified atom stereocenters. The van der Waals surface area contributed by atoms with Crippen LogP contribution in [0.3, 0.4) is 0 Å². The summed E-state index contributed by atoms with van der Waals surface area (Å²) in [6, 6.07) is 2.91. The molecule has 0 saturated carbocycles. The average molecular weight is 526 g/mol. The Kier molecular flexibility index (Phi) is 10.5. The van der Waals surface area contributed by atoms with Gasteiger partial charge in [0, 0.05) is 30.7 Å². The van der Waals surface area contributed by atoms with Crippen molar-refractivity contribution in [2.24, 2.45) is 11.1 Å². The van der Waals surface area contributed by atoms with Crippen molar-refractivity contribution < 1.29 is 43.7 Å². The first-order chi connectivity index (χ1) is 16.9. The van der Waals surface area contributed by atoms with Gasteiger partial charge in [0.1, 0.15) is 19.1 Å². The van der Waals surface area contributed by atoms with Gasteiger partial charge in [0.25, 0.3) is 5.91 Å². The highest BCUT2D eigenvalue weighted by Crippen LogP contribution is 2.27. The molecule has 1 saturated heterocycles. The second kappa shape index (κ2) is 13.1. The highest BCUT2D eigenvalue weighted by molar-refractivity contribution is 8.13. The normalized spacial score (nSPS) is 19.4. The SMILES string of the molecule is CC(C)(COC(=O)[C@@H](N)Cc1ccc(O)c(O)c1)[C@H]1OC(=O)CC(=O)SCCNC(=O)CCNC1=O. The molecule has 12 nitrogen and oxygen atoms in total. The summed E-state index contributed by atoms with van der Waals surface area (Å²) >= 11 is 0.870. The number of esters is 2. The molecule has 13 heteroatoms. The number of nitrogens with one attached hydrogen (secondary N) is 2. The Bertz CT molecular complexity index is 999. The van der Waals surface area contributed by atoms with Crippen molar-refractivity contribution in [1.29, 1.82) is 0 Å². The molecule has 198 valence electrons. The van der Waals surface area contributed by atoms with Crippen LogP contribution in [0, 0.1) is 5.41 Å². The molecular weight excluding hydrogens is 494 g/mol. The lowest BCUT2D eigenvalue weighted by molar-refractivity contribution is -0.169. The van der Waals surface area contributed by atoms with Gasteiger partial charge in [-0.05, 0) is 24.1 Å². The molecule has 1 aliphatic rings. The average Bonchev–Trinajstić information content (AvgIpc) is 2.80. The summed E-state index contributed by atoms with van der Waals surface area (Å²) in [7, 11) is 0. The first-order valence-corrected chi connectivity index (χ1v) is 12.2. The van der Waals surface area contributed by atoms with Crippen LogP contribution < -0.4 is 16.4 Å². The molecular formula is C23H31N3O9S. The minimum atomic E-state index is -1.42. The lowest BCUT2D eigenvalue weighted by Crippen LogP contribution is -2.50. The Morgan fingerprint density at radius 3 is 2.61 bits per heavy atom. The fraction of sp³-hybridized carbons (Fsp3) is 0.522. The fourth-order valence-electron chi connectivity index (χ4n) is 3.22. The summed E-state index contributed by atoms with van der Waals surface area (Å²) < 4.78 is 10.6. The Balaban J connectivity index is 2.06. The second-order valence-electron chi connectivity index (χ2n) is 8.89. The highest BCUT2D eigenvalue weighted by atomic mass is 32.2. The largest absolute Gasteiger partial charge is 0.504 e. The Morgan fingerprint density at radius 2 is 1.92 bits per heavy atom. The first-order valence-electron chi connectivity index (χ1n) is 11.2. The van der Waals surface area contributed by atoms with Crippen molar-refractivity contribution >= 4 is 40.6 Å². The number of hydrogen-bond donors (Lipinski definition) is 5. The molecule has 2 rings (SSSR count). The molecule has 0 aromatic heterocycles. The number of ether oxygens (including phenoxy) is 2. The van der Waals surface area contributed by atoms with E-state index in [-0.39, 0.29) is 49.9 Å². The number of thioether (sulfide) groups is 1. The van der Waals surface area contributed by atoms with Gasteiger partial charge >= 0.3 is 11.9 Å². The van der Waals surface area contributed by atoms with Gasteiger partial charge in [0.05, 0.1) is 0 Å². The third-order valence-electron chi connectivity index (χ3n) is 5.21. The van der Waals surface area contributed by atoms with Gasteiger partial charge in [-0.1, -0.05) is 31.7 Å². The third-order valence-corrected chi connectivity index (χ3v) is 6.08. The van der Waals surface area contributed by atoms with E-state index in [1.54, 1.807) is 0 Å². The van der Waals surface area contributed by atoms with Gasteiger partial charge < -0.3 is 36.1 Å². The lowest BCUT2D eigenvalue weighted by atomic mass is 9.86. The third kappa shape index (κ3) is 9.04. The van der Waals surface area contributed by atoms with Crippen LogP contribution in [0.25, 0.3) is 0 Å². The van der Waals surface area contributed by atoms with E-state index in [0.29, 0.717) is 11.3 Å². The maximum Gasteiger partial charge on any atom is 0.323 e. The number of nitrogens with two attached hydrogens (primary N) is 1. The van der Waals surface area contributed by atoms with Crippen LogP contribution in [0.5, 0.6) is 11.5 Å². The molecule has 1 aromatic carbocycles. The molecule has 1 fully saturated rings. The van der Waals surface area contributed by atoms with Crippen LogP contribution in [0.1, 0.15) is 32.3 Å². The van der Waals surface area contributed by atoms with Crippen LogP contribution in [-0.2, 0) is 39.9 Å². The van der Waals surface area contributed by atoms with E-state index < -0.39 is 46.9 Å². The number of phenols is 2. The summed E-state index contributed by atoms with van der Waals surface area (Å²) in [6.07, 6.45) is -2.00. The van der Waals surface area contributed by atoms with E-state index >= 15 is 0 Å². The first kappa shape index (κ1) is 28.9. The molecule has 0 radical (unpaired) electrons. The molecule has 0 spiro atoms. The number of aromatic hydroxyl groups is 2. The van der Waals surface area contributed by atoms with E-state index in [9.17, 15) is 34.2 Å². The predicted molar refractivity (Wildman–Crippen MR) is 129 cm³/mol. The number of rotatable bonds is 6. The van der Waals surface area contributed by atoms with Crippen LogP contribution in [0.15, 0.2) is 18.2 Å².